The number of hydrogen-bond acceptors (Lipinski definition) is 3. The van der Waals surface area contributed by atoms with Crippen LogP contribution in [0.1, 0.15) is 30.8 Å². The Balaban J connectivity index is 1.63. The summed E-state index contributed by atoms with van der Waals surface area (Å²) in [7, 11) is 0. The third-order valence-electron chi connectivity index (χ3n) is 3.57. The van der Waals surface area contributed by atoms with Crippen molar-refractivity contribution in [2.75, 3.05) is 6.61 Å². The van der Waals surface area contributed by atoms with Crippen LogP contribution in [0.25, 0.3) is 22.4 Å². The van der Waals surface area contributed by atoms with E-state index in [9.17, 15) is 0 Å². The number of thiazole rings is 1. The molecule has 0 radical (unpaired) electrons. The second kappa shape index (κ2) is 7.42. The molecule has 3 heteroatoms. The van der Waals surface area contributed by atoms with Crippen molar-refractivity contribution in [2.24, 2.45) is 5.92 Å². The van der Waals surface area contributed by atoms with E-state index in [0.29, 0.717) is 5.92 Å². The van der Waals surface area contributed by atoms with E-state index in [-0.39, 0.29) is 0 Å². The number of aromatic nitrogens is 1. The fourth-order valence-corrected chi connectivity index (χ4v) is 3.09. The molecule has 0 bridgehead atoms. The molecule has 3 rings (SSSR count). The van der Waals surface area contributed by atoms with Crippen LogP contribution in [0, 0.1) is 5.92 Å². The normalized spacial score (nSPS) is 11.6. The van der Waals surface area contributed by atoms with Gasteiger partial charge in [0.15, 0.2) is 0 Å². The summed E-state index contributed by atoms with van der Waals surface area (Å²) in [6.45, 7) is 5.19. The Morgan fingerprint density at radius 3 is 2.57 bits per heavy atom. The van der Waals surface area contributed by atoms with E-state index in [0.717, 1.165) is 34.9 Å². The number of hydrogen-bond donors (Lipinski definition) is 0. The molecule has 0 atom stereocenters. The molecule has 23 heavy (non-hydrogen) atoms. The molecule has 3 aromatic rings. The summed E-state index contributed by atoms with van der Waals surface area (Å²) in [5.41, 5.74) is 2.21. The van der Waals surface area contributed by atoms with E-state index in [1.165, 1.54) is 4.70 Å². The van der Waals surface area contributed by atoms with Crippen LogP contribution in [-0.4, -0.2) is 11.6 Å². The number of rotatable bonds is 6. The quantitative estimate of drug-likeness (QED) is 0.564. The first kappa shape index (κ1) is 15.8. The van der Waals surface area contributed by atoms with Gasteiger partial charge < -0.3 is 4.74 Å². The highest BCUT2D eigenvalue weighted by Crippen LogP contribution is 2.23. The van der Waals surface area contributed by atoms with Crippen LogP contribution in [-0.2, 0) is 0 Å². The molecule has 0 spiro atoms. The van der Waals surface area contributed by atoms with Crippen LogP contribution >= 0.6 is 11.3 Å². The standard InChI is InChI=1S/C20H21NOS/c1-15(2)13-14-22-17-10-7-16(8-11-17)9-12-20-21-18-5-3-4-6-19(18)23-20/h3-12,15H,13-14H2,1-2H3/b12-9+. The Labute approximate surface area is 141 Å². The number of ether oxygens (including phenoxy) is 1. The van der Waals surface area contributed by atoms with Crippen LogP contribution in [0.3, 0.4) is 0 Å². The third kappa shape index (κ3) is 4.42. The molecule has 0 unspecified atom stereocenters. The predicted molar refractivity (Wildman–Crippen MR) is 99.9 cm³/mol. The molecule has 0 fully saturated rings. The van der Waals surface area contributed by atoms with E-state index in [4.69, 9.17) is 4.74 Å². The molecule has 1 heterocycles. The fourth-order valence-electron chi connectivity index (χ4n) is 2.22. The lowest BCUT2D eigenvalue weighted by molar-refractivity contribution is 0.289. The summed E-state index contributed by atoms with van der Waals surface area (Å²) in [5, 5.41) is 1.03. The van der Waals surface area contributed by atoms with E-state index >= 15 is 0 Å². The van der Waals surface area contributed by atoms with E-state index in [2.05, 4.69) is 49.2 Å². The van der Waals surface area contributed by atoms with Crippen LogP contribution in [0.5, 0.6) is 5.75 Å². The van der Waals surface area contributed by atoms with Crippen LogP contribution < -0.4 is 4.74 Å². The largest absolute Gasteiger partial charge is 0.494 e. The lowest BCUT2D eigenvalue weighted by Gasteiger charge is -2.07. The van der Waals surface area contributed by atoms with Crippen LogP contribution in [0.15, 0.2) is 48.5 Å². The number of benzene rings is 2. The zero-order chi connectivity index (χ0) is 16.1. The molecule has 2 aromatic carbocycles. The minimum Gasteiger partial charge on any atom is -0.494 e. The Kier molecular flexibility index (Phi) is 5.09. The van der Waals surface area contributed by atoms with Gasteiger partial charge in [-0.3, -0.25) is 0 Å². The topological polar surface area (TPSA) is 22.1 Å². The van der Waals surface area contributed by atoms with E-state index in [1.807, 2.05) is 30.3 Å². The van der Waals surface area contributed by atoms with Gasteiger partial charge in [0, 0.05) is 0 Å². The summed E-state index contributed by atoms with van der Waals surface area (Å²) in [5.74, 6) is 1.61. The Morgan fingerprint density at radius 1 is 1.04 bits per heavy atom. The van der Waals surface area contributed by atoms with Crippen molar-refractivity contribution in [1.82, 2.24) is 4.98 Å². The molecule has 0 saturated carbocycles. The van der Waals surface area contributed by atoms with Crippen molar-refractivity contribution >= 4 is 33.7 Å². The molecule has 0 aliphatic heterocycles. The van der Waals surface area contributed by atoms with Crippen LogP contribution in [0.2, 0.25) is 0 Å². The summed E-state index contributed by atoms with van der Waals surface area (Å²) in [6, 6.07) is 16.4. The van der Waals surface area contributed by atoms with Crippen molar-refractivity contribution in [2.45, 2.75) is 20.3 Å². The highest BCUT2D eigenvalue weighted by atomic mass is 32.1. The molecule has 0 saturated heterocycles. The molecule has 2 nitrogen and oxygen atoms in total. The maximum Gasteiger partial charge on any atom is 0.119 e. The van der Waals surface area contributed by atoms with Gasteiger partial charge in [-0.05, 0) is 48.2 Å². The first-order chi connectivity index (χ1) is 11.2. The van der Waals surface area contributed by atoms with Gasteiger partial charge in [-0.2, -0.15) is 0 Å². The summed E-state index contributed by atoms with van der Waals surface area (Å²) < 4.78 is 6.96. The van der Waals surface area contributed by atoms with Crippen LogP contribution in [0.4, 0.5) is 0 Å². The Hall–Kier alpha value is -2.13. The van der Waals surface area contributed by atoms with Gasteiger partial charge in [-0.15, -0.1) is 11.3 Å². The highest BCUT2D eigenvalue weighted by Gasteiger charge is 2.00. The molecule has 0 aliphatic carbocycles. The monoisotopic (exact) mass is 323 g/mol. The summed E-state index contributed by atoms with van der Waals surface area (Å²) >= 11 is 1.71. The van der Waals surface area contributed by atoms with Crippen molar-refractivity contribution < 1.29 is 4.74 Å². The van der Waals surface area contributed by atoms with Gasteiger partial charge in [0.2, 0.25) is 0 Å². The molecule has 0 amide bonds. The molecule has 1 aromatic heterocycles. The maximum atomic E-state index is 5.74. The van der Waals surface area contributed by atoms with Gasteiger partial charge in [0.05, 0.1) is 16.8 Å². The first-order valence-corrected chi connectivity index (χ1v) is 8.79. The zero-order valence-corrected chi connectivity index (χ0v) is 14.3. The summed E-state index contributed by atoms with van der Waals surface area (Å²) in [6.07, 6.45) is 5.24. The minimum atomic E-state index is 0.672. The van der Waals surface area contributed by atoms with Crippen molar-refractivity contribution in [3.63, 3.8) is 0 Å². The number of para-hydroxylation sites is 1. The first-order valence-electron chi connectivity index (χ1n) is 7.97. The lowest BCUT2D eigenvalue weighted by atomic mass is 10.1. The summed E-state index contributed by atoms with van der Waals surface area (Å²) in [4.78, 5) is 4.61. The number of nitrogens with zero attached hydrogens (tertiary/aromatic N) is 1. The van der Waals surface area contributed by atoms with Gasteiger partial charge in [-0.1, -0.05) is 44.2 Å². The average Bonchev–Trinajstić information content (AvgIpc) is 2.97. The van der Waals surface area contributed by atoms with Crippen molar-refractivity contribution in [3.8, 4) is 5.75 Å². The van der Waals surface area contributed by atoms with E-state index < -0.39 is 0 Å². The van der Waals surface area contributed by atoms with Gasteiger partial charge >= 0.3 is 0 Å². The third-order valence-corrected chi connectivity index (χ3v) is 4.57. The molecule has 118 valence electrons. The molecule has 0 N–H and O–H groups in total. The zero-order valence-electron chi connectivity index (χ0n) is 13.5. The second-order valence-corrected chi connectivity index (χ2v) is 7.02. The molecule has 0 aliphatic rings. The van der Waals surface area contributed by atoms with Crippen molar-refractivity contribution in [1.29, 1.82) is 0 Å². The van der Waals surface area contributed by atoms with E-state index in [1.54, 1.807) is 11.3 Å². The predicted octanol–water partition coefficient (Wildman–Crippen LogP) is 5.89. The van der Waals surface area contributed by atoms with Gasteiger partial charge in [0.25, 0.3) is 0 Å². The average molecular weight is 323 g/mol. The fraction of sp³-hybridized carbons (Fsp3) is 0.250. The maximum absolute atomic E-state index is 5.74. The molecular formula is C20H21NOS. The lowest BCUT2D eigenvalue weighted by Crippen LogP contribution is -2.01. The number of fused-ring (bicyclic) bond motifs is 1. The molecular weight excluding hydrogens is 302 g/mol. The van der Waals surface area contributed by atoms with Crippen molar-refractivity contribution in [3.05, 3.63) is 59.1 Å². The van der Waals surface area contributed by atoms with Gasteiger partial charge in [-0.25, -0.2) is 4.98 Å². The second-order valence-electron chi connectivity index (χ2n) is 5.95. The Morgan fingerprint density at radius 2 is 1.83 bits per heavy atom. The highest BCUT2D eigenvalue weighted by molar-refractivity contribution is 7.19. The Bertz CT molecular complexity index is 754. The van der Waals surface area contributed by atoms with Gasteiger partial charge in [0.1, 0.15) is 10.8 Å². The smallest absolute Gasteiger partial charge is 0.119 e. The SMILES string of the molecule is CC(C)CCOc1ccc(/C=C/c2nc3ccccc3s2)cc1. The minimum absolute atomic E-state index is 0.672.